The highest BCUT2D eigenvalue weighted by Crippen LogP contribution is 2.29. The third kappa shape index (κ3) is 5.39. The first-order valence-corrected chi connectivity index (χ1v) is 7.32. The molecule has 0 atom stereocenters. The first kappa shape index (κ1) is 15.0. The minimum absolute atomic E-state index is 0.0242. The van der Waals surface area contributed by atoms with Crippen molar-refractivity contribution in [3.8, 4) is 0 Å². The second-order valence-electron chi connectivity index (χ2n) is 6.43. The van der Waals surface area contributed by atoms with Crippen LogP contribution in [0.3, 0.4) is 0 Å². The van der Waals surface area contributed by atoms with Crippen LogP contribution >= 0.6 is 0 Å². The number of hydrogen-bond donors (Lipinski definition) is 1. The Morgan fingerprint density at radius 2 is 1.76 bits per heavy atom. The standard InChI is InChI=1S/C15H31NO/c1-6-17-15(4,5)11-16-14-9-7-13(8-10-14)12(2)3/h12-14,16H,6-11H2,1-5H3. The second-order valence-corrected chi connectivity index (χ2v) is 6.43. The summed E-state index contributed by atoms with van der Waals surface area (Å²) in [6.07, 6.45) is 5.46. The fourth-order valence-corrected chi connectivity index (χ4v) is 2.82. The van der Waals surface area contributed by atoms with Gasteiger partial charge in [0.2, 0.25) is 0 Å². The van der Waals surface area contributed by atoms with Crippen molar-refractivity contribution < 1.29 is 4.74 Å². The average Bonchev–Trinajstić information content (AvgIpc) is 2.27. The molecule has 1 fully saturated rings. The van der Waals surface area contributed by atoms with E-state index in [1.165, 1.54) is 25.7 Å². The fourth-order valence-electron chi connectivity index (χ4n) is 2.82. The molecular formula is C15H31NO. The molecule has 0 saturated heterocycles. The molecule has 1 aliphatic carbocycles. The predicted octanol–water partition coefficient (Wildman–Crippen LogP) is 3.61. The summed E-state index contributed by atoms with van der Waals surface area (Å²) in [6, 6.07) is 0.713. The third-order valence-corrected chi connectivity index (χ3v) is 4.07. The molecule has 0 aromatic heterocycles. The molecule has 1 aliphatic rings. The predicted molar refractivity (Wildman–Crippen MR) is 74.3 cm³/mol. The minimum Gasteiger partial charge on any atom is -0.375 e. The van der Waals surface area contributed by atoms with Crippen molar-refractivity contribution in [2.24, 2.45) is 11.8 Å². The summed E-state index contributed by atoms with van der Waals surface area (Å²) in [5.41, 5.74) is -0.0242. The molecule has 17 heavy (non-hydrogen) atoms. The van der Waals surface area contributed by atoms with E-state index in [9.17, 15) is 0 Å². The molecule has 0 heterocycles. The van der Waals surface area contributed by atoms with E-state index in [-0.39, 0.29) is 5.60 Å². The lowest BCUT2D eigenvalue weighted by molar-refractivity contribution is -0.0118. The Hall–Kier alpha value is -0.0800. The zero-order valence-corrected chi connectivity index (χ0v) is 12.4. The van der Waals surface area contributed by atoms with Gasteiger partial charge in [0.05, 0.1) is 5.60 Å². The van der Waals surface area contributed by atoms with Crippen molar-refractivity contribution in [1.82, 2.24) is 5.32 Å². The molecule has 0 aliphatic heterocycles. The summed E-state index contributed by atoms with van der Waals surface area (Å²) in [7, 11) is 0. The zero-order chi connectivity index (χ0) is 12.9. The van der Waals surface area contributed by atoms with E-state index in [1.54, 1.807) is 0 Å². The maximum atomic E-state index is 5.72. The van der Waals surface area contributed by atoms with Gasteiger partial charge in [-0.05, 0) is 58.3 Å². The van der Waals surface area contributed by atoms with Gasteiger partial charge in [-0.15, -0.1) is 0 Å². The van der Waals surface area contributed by atoms with E-state index in [0.29, 0.717) is 6.04 Å². The fraction of sp³-hybridized carbons (Fsp3) is 1.00. The summed E-state index contributed by atoms with van der Waals surface area (Å²) >= 11 is 0. The Morgan fingerprint density at radius 3 is 2.24 bits per heavy atom. The van der Waals surface area contributed by atoms with Gasteiger partial charge in [0.1, 0.15) is 0 Å². The topological polar surface area (TPSA) is 21.3 Å². The molecule has 0 bridgehead atoms. The molecule has 0 unspecified atom stereocenters. The Morgan fingerprint density at radius 1 is 1.18 bits per heavy atom. The van der Waals surface area contributed by atoms with E-state index < -0.39 is 0 Å². The van der Waals surface area contributed by atoms with Crippen LogP contribution in [0.15, 0.2) is 0 Å². The molecule has 0 radical (unpaired) electrons. The van der Waals surface area contributed by atoms with E-state index in [0.717, 1.165) is 25.0 Å². The van der Waals surface area contributed by atoms with Gasteiger partial charge in [-0.1, -0.05) is 13.8 Å². The van der Waals surface area contributed by atoms with Crippen LogP contribution < -0.4 is 5.32 Å². The summed E-state index contributed by atoms with van der Waals surface area (Å²) in [6.45, 7) is 12.9. The largest absolute Gasteiger partial charge is 0.375 e. The van der Waals surface area contributed by atoms with Crippen molar-refractivity contribution in [2.45, 2.75) is 71.9 Å². The summed E-state index contributed by atoms with van der Waals surface area (Å²) < 4.78 is 5.72. The highest BCUT2D eigenvalue weighted by atomic mass is 16.5. The molecule has 0 aromatic carbocycles. The van der Waals surface area contributed by atoms with Gasteiger partial charge >= 0.3 is 0 Å². The SMILES string of the molecule is CCOC(C)(C)CNC1CCC(C(C)C)CC1. The molecule has 2 heteroatoms. The summed E-state index contributed by atoms with van der Waals surface area (Å²) in [4.78, 5) is 0. The van der Waals surface area contributed by atoms with Gasteiger partial charge in [-0.2, -0.15) is 0 Å². The van der Waals surface area contributed by atoms with Gasteiger partial charge in [-0.25, -0.2) is 0 Å². The van der Waals surface area contributed by atoms with Crippen LogP contribution in [0, 0.1) is 11.8 Å². The quantitative estimate of drug-likeness (QED) is 0.767. The van der Waals surface area contributed by atoms with Gasteiger partial charge < -0.3 is 10.1 Å². The molecule has 1 N–H and O–H groups in total. The van der Waals surface area contributed by atoms with Crippen molar-refractivity contribution in [2.75, 3.05) is 13.2 Å². The van der Waals surface area contributed by atoms with E-state index in [2.05, 4.69) is 39.9 Å². The maximum absolute atomic E-state index is 5.72. The number of hydrogen-bond acceptors (Lipinski definition) is 2. The van der Waals surface area contributed by atoms with Crippen LogP contribution in [-0.2, 0) is 4.74 Å². The lowest BCUT2D eigenvalue weighted by Crippen LogP contribution is -2.44. The van der Waals surface area contributed by atoms with Gasteiger partial charge in [0.15, 0.2) is 0 Å². The first-order valence-electron chi connectivity index (χ1n) is 7.32. The molecule has 2 nitrogen and oxygen atoms in total. The second kappa shape index (κ2) is 6.75. The summed E-state index contributed by atoms with van der Waals surface area (Å²) in [5, 5.41) is 3.68. The Balaban J connectivity index is 2.22. The van der Waals surface area contributed by atoms with Crippen LogP contribution in [0.1, 0.15) is 60.3 Å². The molecule has 1 saturated carbocycles. The Labute approximate surface area is 108 Å². The smallest absolute Gasteiger partial charge is 0.0750 e. The monoisotopic (exact) mass is 241 g/mol. The van der Waals surface area contributed by atoms with Crippen molar-refractivity contribution in [3.63, 3.8) is 0 Å². The van der Waals surface area contributed by atoms with Crippen LogP contribution in [0.5, 0.6) is 0 Å². The van der Waals surface area contributed by atoms with Crippen LogP contribution in [0.4, 0.5) is 0 Å². The lowest BCUT2D eigenvalue weighted by atomic mass is 9.79. The zero-order valence-electron chi connectivity index (χ0n) is 12.4. The number of rotatable bonds is 6. The third-order valence-electron chi connectivity index (χ3n) is 4.07. The minimum atomic E-state index is -0.0242. The van der Waals surface area contributed by atoms with E-state index >= 15 is 0 Å². The van der Waals surface area contributed by atoms with Crippen LogP contribution in [0.25, 0.3) is 0 Å². The molecule has 0 spiro atoms. The van der Waals surface area contributed by atoms with Crippen molar-refractivity contribution >= 4 is 0 Å². The van der Waals surface area contributed by atoms with Crippen molar-refractivity contribution in [3.05, 3.63) is 0 Å². The van der Waals surface area contributed by atoms with Crippen molar-refractivity contribution in [1.29, 1.82) is 0 Å². The Kier molecular flexibility index (Phi) is 5.94. The van der Waals surface area contributed by atoms with Crippen LogP contribution in [-0.4, -0.2) is 24.8 Å². The Bertz CT molecular complexity index is 205. The van der Waals surface area contributed by atoms with Gasteiger partial charge in [0, 0.05) is 19.2 Å². The number of ether oxygens (including phenoxy) is 1. The highest BCUT2D eigenvalue weighted by Gasteiger charge is 2.25. The van der Waals surface area contributed by atoms with E-state index in [1.807, 2.05) is 0 Å². The molecule has 0 amide bonds. The first-order chi connectivity index (χ1) is 7.94. The molecule has 0 aromatic rings. The lowest BCUT2D eigenvalue weighted by Gasteiger charge is -2.34. The van der Waals surface area contributed by atoms with Gasteiger partial charge in [0.25, 0.3) is 0 Å². The average molecular weight is 241 g/mol. The number of nitrogens with one attached hydrogen (secondary N) is 1. The highest BCUT2D eigenvalue weighted by molar-refractivity contribution is 4.81. The molecule has 1 rings (SSSR count). The van der Waals surface area contributed by atoms with Crippen LogP contribution in [0.2, 0.25) is 0 Å². The summed E-state index contributed by atoms with van der Waals surface area (Å²) in [5.74, 6) is 1.81. The maximum Gasteiger partial charge on any atom is 0.0750 e. The van der Waals surface area contributed by atoms with E-state index in [4.69, 9.17) is 4.74 Å². The molecular weight excluding hydrogens is 210 g/mol. The normalized spacial score (nSPS) is 26.5. The van der Waals surface area contributed by atoms with Gasteiger partial charge in [-0.3, -0.25) is 0 Å². The molecule has 102 valence electrons.